The standard InChI is InChI=1S/C10H23NO2/c1-11(2)8-6-4-3-5-7-10(13)9-12/h10,12-13H,3-9H2,1-2H3. The molecule has 1 unspecified atom stereocenters. The lowest BCUT2D eigenvalue weighted by atomic mass is 10.1. The van der Waals surface area contributed by atoms with E-state index in [4.69, 9.17) is 10.2 Å². The van der Waals surface area contributed by atoms with Crippen LogP contribution in [0.5, 0.6) is 0 Å². The summed E-state index contributed by atoms with van der Waals surface area (Å²) in [4.78, 5) is 2.18. The highest BCUT2D eigenvalue weighted by Crippen LogP contribution is 2.05. The Bertz CT molecular complexity index is 107. The van der Waals surface area contributed by atoms with Crippen LogP contribution in [0.2, 0.25) is 0 Å². The van der Waals surface area contributed by atoms with Crippen molar-refractivity contribution in [2.45, 2.75) is 38.2 Å². The van der Waals surface area contributed by atoms with Crippen LogP contribution < -0.4 is 0 Å². The summed E-state index contributed by atoms with van der Waals surface area (Å²) in [6.45, 7) is 1.04. The molecule has 0 spiro atoms. The molecule has 0 aliphatic rings. The highest BCUT2D eigenvalue weighted by Gasteiger charge is 2.00. The lowest BCUT2D eigenvalue weighted by Gasteiger charge is -2.09. The molecule has 80 valence electrons. The van der Waals surface area contributed by atoms with Gasteiger partial charge in [0.15, 0.2) is 0 Å². The Balaban J connectivity index is 2.99. The maximum atomic E-state index is 9.04. The summed E-state index contributed by atoms with van der Waals surface area (Å²) in [6, 6.07) is 0. The summed E-state index contributed by atoms with van der Waals surface area (Å²) in [5.41, 5.74) is 0. The zero-order valence-corrected chi connectivity index (χ0v) is 8.87. The van der Waals surface area contributed by atoms with E-state index in [0.717, 1.165) is 25.8 Å². The first-order valence-electron chi connectivity index (χ1n) is 5.10. The van der Waals surface area contributed by atoms with Crippen LogP contribution in [0, 0.1) is 0 Å². The summed E-state index contributed by atoms with van der Waals surface area (Å²) >= 11 is 0. The van der Waals surface area contributed by atoms with Crippen LogP contribution in [0.4, 0.5) is 0 Å². The molecule has 13 heavy (non-hydrogen) atoms. The topological polar surface area (TPSA) is 43.7 Å². The van der Waals surface area contributed by atoms with Gasteiger partial charge in [0, 0.05) is 0 Å². The van der Waals surface area contributed by atoms with Crippen molar-refractivity contribution in [3.05, 3.63) is 0 Å². The second-order valence-electron chi connectivity index (χ2n) is 3.84. The molecule has 0 aromatic carbocycles. The Labute approximate surface area is 81.4 Å². The smallest absolute Gasteiger partial charge is 0.0770 e. The minimum atomic E-state index is -0.506. The predicted molar refractivity (Wildman–Crippen MR) is 54.7 cm³/mol. The zero-order valence-electron chi connectivity index (χ0n) is 8.87. The first kappa shape index (κ1) is 12.9. The molecule has 3 heteroatoms. The number of aliphatic hydroxyl groups excluding tert-OH is 2. The Hall–Kier alpha value is -0.120. The van der Waals surface area contributed by atoms with E-state index in [1.807, 2.05) is 0 Å². The molecule has 0 saturated carbocycles. The molecule has 1 atom stereocenters. The van der Waals surface area contributed by atoms with Gasteiger partial charge >= 0.3 is 0 Å². The predicted octanol–water partition coefficient (Wildman–Crippen LogP) is 0.852. The SMILES string of the molecule is CN(C)CCCCCCC(O)CO. The molecule has 0 heterocycles. The van der Waals surface area contributed by atoms with Gasteiger partial charge in [-0.05, 0) is 33.5 Å². The molecule has 0 fully saturated rings. The van der Waals surface area contributed by atoms with Crippen LogP contribution in [-0.4, -0.2) is 48.5 Å². The van der Waals surface area contributed by atoms with E-state index in [1.165, 1.54) is 12.8 Å². The van der Waals surface area contributed by atoms with Crippen molar-refractivity contribution < 1.29 is 10.2 Å². The van der Waals surface area contributed by atoms with Crippen molar-refractivity contribution in [2.75, 3.05) is 27.2 Å². The molecule has 0 aliphatic heterocycles. The van der Waals surface area contributed by atoms with Crippen molar-refractivity contribution >= 4 is 0 Å². The van der Waals surface area contributed by atoms with Gasteiger partial charge in [-0.2, -0.15) is 0 Å². The zero-order chi connectivity index (χ0) is 10.1. The number of unbranched alkanes of at least 4 members (excludes halogenated alkanes) is 3. The van der Waals surface area contributed by atoms with Crippen LogP contribution in [0.25, 0.3) is 0 Å². The second kappa shape index (κ2) is 8.48. The summed E-state index contributed by atoms with van der Waals surface area (Å²) in [5.74, 6) is 0. The normalized spacial score (nSPS) is 13.6. The Morgan fingerprint density at radius 3 is 2.23 bits per heavy atom. The fourth-order valence-electron chi connectivity index (χ4n) is 1.25. The van der Waals surface area contributed by atoms with Gasteiger partial charge in [0.25, 0.3) is 0 Å². The average molecular weight is 189 g/mol. The monoisotopic (exact) mass is 189 g/mol. The molecular weight excluding hydrogens is 166 g/mol. The van der Waals surface area contributed by atoms with Crippen LogP contribution >= 0.6 is 0 Å². The van der Waals surface area contributed by atoms with Crippen LogP contribution in [0.3, 0.4) is 0 Å². The molecule has 3 nitrogen and oxygen atoms in total. The Morgan fingerprint density at radius 1 is 1.08 bits per heavy atom. The summed E-state index contributed by atoms with van der Waals surface area (Å²) in [6.07, 6.45) is 4.85. The van der Waals surface area contributed by atoms with Crippen molar-refractivity contribution in [2.24, 2.45) is 0 Å². The van der Waals surface area contributed by atoms with Gasteiger partial charge in [-0.25, -0.2) is 0 Å². The van der Waals surface area contributed by atoms with Crippen molar-refractivity contribution in [3.63, 3.8) is 0 Å². The minimum Gasteiger partial charge on any atom is -0.394 e. The lowest BCUT2D eigenvalue weighted by Crippen LogP contribution is -2.13. The quantitative estimate of drug-likeness (QED) is 0.556. The number of hydrogen-bond acceptors (Lipinski definition) is 3. The lowest BCUT2D eigenvalue weighted by molar-refractivity contribution is 0.0859. The van der Waals surface area contributed by atoms with Gasteiger partial charge in [0.05, 0.1) is 12.7 Å². The molecule has 0 saturated heterocycles. The Morgan fingerprint density at radius 2 is 1.69 bits per heavy atom. The minimum absolute atomic E-state index is 0.0995. The molecule has 0 amide bonds. The highest BCUT2D eigenvalue weighted by atomic mass is 16.3. The maximum absolute atomic E-state index is 9.04. The molecule has 0 aromatic heterocycles. The molecule has 0 aromatic rings. The van der Waals surface area contributed by atoms with Crippen molar-refractivity contribution in [3.8, 4) is 0 Å². The third-order valence-electron chi connectivity index (χ3n) is 2.10. The van der Waals surface area contributed by atoms with Gasteiger partial charge in [-0.1, -0.05) is 19.3 Å². The largest absolute Gasteiger partial charge is 0.394 e. The van der Waals surface area contributed by atoms with Gasteiger partial charge in [0.2, 0.25) is 0 Å². The number of rotatable bonds is 8. The second-order valence-corrected chi connectivity index (χ2v) is 3.84. The molecule has 0 radical (unpaired) electrons. The van der Waals surface area contributed by atoms with Gasteiger partial charge in [0.1, 0.15) is 0 Å². The van der Waals surface area contributed by atoms with Crippen LogP contribution in [0.1, 0.15) is 32.1 Å². The highest BCUT2D eigenvalue weighted by molar-refractivity contribution is 4.53. The third kappa shape index (κ3) is 9.80. The maximum Gasteiger partial charge on any atom is 0.0770 e. The van der Waals surface area contributed by atoms with E-state index in [-0.39, 0.29) is 6.61 Å². The Kier molecular flexibility index (Phi) is 8.40. The van der Waals surface area contributed by atoms with E-state index >= 15 is 0 Å². The first-order chi connectivity index (χ1) is 6.16. The first-order valence-corrected chi connectivity index (χ1v) is 5.10. The van der Waals surface area contributed by atoms with Crippen LogP contribution in [0.15, 0.2) is 0 Å². The molecule has 2 N–H and O–H groups in total. The van der Waals surface area contributed by atoms with Gasteiger partial charge < -0.3 is 15.1 Å². The third-order valence-corrected chi connectivity index (χ3v) is 2.10. The number of hydrogen-bond donors (Lipinski definition) is 2. The molecule has 0 bridgehead atoms. The van der Waals surface area contributed by atoms with E-state index in [9.17, 15) is 0 Å². The van der Waals surface area contributed by atoms with Gasteiger partial charge in [-0.3, -0.25) is 0 Å². The van der Waals surface area contributed by atoms with Crippen molar-refractivity contribution in [1.29, 1.82) is 0 Å². The van der Waals surface area contributed by atoms with E-state index in [0.29, 0.717) is 0 Å². The van der Waals surface area contributed by atoms with E-state index in [2.05, 4.69) is 19.0 Å². The summed E-state index contributed by atoms with van der Waals surface area (Å²) in [5, 5.41) is 17.6. The summed E-state index contributed by atoms with van der Waals surface area (Å²) < 4.78 is 0. The summed E-state index contributed by atoms with van der Waals surface area (Å²) in [7, 11) is 4.16. The van der Waals surface area contributed by atoms with Crippen LogP contribution in [-0.2, 0) is 0 Å². The molecule has 0 rings (SSSR count). The fourth-order valence-corrected chi connectivity index (χ4v) is 1.25. The van der Waals surface area contributed by atoms with E-state index in [1.54, 1.807) is 0 Å². The van der Waals surface area contributed by atoms with Gasteiger partial charge in [-0.15, -0.1) is 0 Å². The van der Waals surface area contributed by atoms with Crippen molar-refractivity contribution in [1.82, 2.24) is 4.90 Å². The molecule has 0 aliphatic carbocycles. The fraction of sp³-hybridized carbons (Fsp3) is 1.00. The number of aliphatic hydroxyl groups is 2. The van der Waals surface area contributed by atoms with E-state index < -0.39 is 6.10 Å². The average Bonchev–Trinajstić information content (AvgIpc) is 2.10. The number of nitrogens with zero attached hydrogens (tertiary/aromatic N) is 1. The molecular formula is C10H23NO2.